The van der Waals surface area contributed by atoms with Gasteiger partial charge in [-0.3, -0.25) is 9.69 Å². The van der Waals surface area contributed by atoms with Crippen LogP contribution in [-0.4, -0.2) is 105 Å². The van der Waals surface area contributed by atoms with Crippen molar-refractivity contribution in [1.82, 2.24) is 20.4 Å². The number of rotatable bonds is 7. The fourth-order valence-electron chi connectivity index (χ4n) is 5.05. The van der Waals surface area contributed by atoms with Crippen LogP contribution >= 0.6 is 38.8 Å². The van der Waals surface area contributed by atoms with Gasteiger partial charge in [-0.15, -0.1) is 0 Å². The number of ketones is 1. The Labute approximate surface area is 309 Å². The molecule has 0 amide bonds. The van der Waals surface area contributed by atoms with Crippen LogP contribution in [0.5, 0.6) is 0 Å². The Morgan fingerprint density at radius 1 is 0.848 bits per heavy atom. The van der Waals surface area contributed by atoms with Crippen LogP contribution in [0.1, 0.15) is 50.9 Å². The first-order valence-electron chi connectivity index (χ1n) is 15.8. The number of aliphatic hydroxyl groups is 1. The number of nitrogens with one attached hydrogen (secondary N) is 2. The third-order valence-electron chi connectivity index (χ3n) is 9.14. The maximum absolute atomic E-state index is 12.5. The molecule has 0 spiro atoms. The van der Waals surface area contributed by atoms with E-state index in [1.807, 2.05) is 59.1 Å². The van der Waals surface area contributed by atoms with Gasteiger partial charge in [0.15, 0.2) is 5.78 Å². The molecule has 1 aromatic carbocycles. The van der Waals surface area contributed by atoms with Crippen molar-refractivity contribution in [2.75, 3.05) is 72.4 Å². The Bertz CT molecular complexity index is 1100. The van der Waals surface area contributed by atoms with Crippen LogP contribution in [-0.2, 0) is 30.3 Å². The van der Waals surface area contributed by atoms with Gasteiger partial charge in [0, 0.05) is 48.9 Å². The molecule has 1 unspecified atom stereocenters. The molecule has 2 fully saturated rings. The molecule has 46 heavy (non-hydrogen) atoms. The molecule has 2 saturated heterocycles. The van der Waals surface area contributed by atoms with E-state index in [9.17, 15) is 9.90 Å². The van der Waals surface area contributed by atoms with Gasteiger partial charge in [-0.1, -0.05) is 29.9 Å². The van der Waals surface area contributed by atoms with Crippen LogP contribution in [0.25, 0.3) is 0 Å². The number of allylic oxidation sites excluding steroid dienone is 3. The van der Waals surface area contributed by atoms with Crippen molar-refractivity contribution >= 4 is 50.2 Å². The van der Waals surface area contributed by atoms with Crippen molar-refractivity contribution in [2.24, 2.45) is 5.92 Å². The molecule has 2 heterocycles. The number of piperazine rings is 1. The summed E-state index contributed by atoms with van der Waals surface area (Å²) in [4.78, 5) is 18.9. The summed E-state index contributed by atoms with van der Waals surface area (Å²) in [5.74, 6) is 0.257. The fourth-order valence-corrected chi connectivity index (χ4v) is 5.05. The van der Waals surface area contributed by atoms with E-state index in [0.717, 1.165) is 57.7 Å². The molecule has 0 radical (unpaired) electrons. The first kappa shape index (κ1) is 44.1. The van der Waals surface area contributed by atoms with Crippen LogP contribution < -0.4 is 15.5 Å². The van der Waals surface area contributed by atoms with Crippen molar-refractivity contribution in [2.45, 2.75) is 57.7 Å². The number of nitrogens with zero attached hydrogens (tertiary/aromatic N) is 3. The quantitative estimate of drug-likeness (QED) is 0.215. The second-order valence-electron chi connectivity index (χ2n) is 12.9. The molecule has 2 aliphatic heterocycles. The van der Waals surface area contributed by atoms with Crippen LogP contribution in [0.3, 0.4) is 0 Å². The van der Waals surface area contributed by atoms with E-state index in [0.29, 0.717) is 0 Å². The number of benzene rings is 1. The molecule has 1 aromatic rings. The zero-order valence-electron chi connectivity index (χ0n) is 29.1. The number of Topliss-reactive ketones (excluding diaryl/α,β-unsaturated/α-hetero) is 1. The van der Waals surface area contributed by atoms with Crippen molar-refractivity contribution < 1.29 is 40.2 Å². The second kappa shape index (κ2) is 22.8. The molecule has 1 atom stereocenters. The Morgan fingerprint density at radius 3 is 1.74 bits per heavy atom. The molecular weight excluding hydrogens is 771 g/mol. The van der Waals surface area contributed by atoms with Crippen molar-refractivity contribution in [1.29, 1.82) is 0 Å². The molecule has 13 heteroatoms. The summed E-state index contributed by atoms with van der Waals surface area (Å²) in [7, 11) is 27.7. The molecule has 0 aromatic heterocycles. The number of anilines is 1. The molecule has 254 valence electrons. The van der Waals surface area contributed by atoms with Crippen molar-refractivity contribution in [3.63, 3.8) is 0 Å². The molecular formula is C33H53Cl4N5O2Zn2. The van der Waals surface area contributed by atoms with Gasteiger partial charge in [0.25, 0.3) is 0 Å². The van der Waals surface area contributed by atoms with Gasteiger partial charge in [-0.25, -0.2) is 0 Å². The van der Waals surface area contributed by atoms with Gasteiger partial charge in [-0.2, -0.15) is 0 Å². The Kier molecular flexibility index (Phi) is 21.8. The fraction of sp³-hybridized carbons (Fsp3) is 0.606. The van der Waals surface area contributed by atoms with Crippen LogP contribution in [0.15, 0.2) is 59.7 Å². The first-order chi connectivity index (χ1) is 21.7. The zero-order valence-corrected chi connectivity index (χ0v) is 38.0. The first-order valence-corrected chi connectivity index (χ1v) is 31.4. The van der Waals surface area contributed by atoms with Gasteiger partial charge in [0.2, 0.25) is 0 Å². The Morgan fingerprint density at radius 2 is 1.30 bits per heavy atom. The molecule has 7 nitrogen and oxygen atoms in total. The van der Waals surface area contributed by atoms with Crippen LogP contribution in [0, 0.1) is 5.92 Å². The molecule has 1 aliphatic carbocycles. The van der Waals surface area contributed by atoms with E-state index < -0.39 is 41.9 Å². The minimum atomic E-state index is -0.931. The zero-order chi connectivity index (χ0) is 34.9. The predicted molar refractivity (Wildman–Crippen MR) is 192 cm³/mol. The van der Waals surface area contributed by atoms with E-state index in [-0.39, 0.29) is 17.2 Å². The average Bonchev–Trinajstić information content (AvgIpc) is 3.06. The van der Waals surface area contributed by atoms with Crippen molar-refractivity contribution in [3.05, 3.63) is 65.3 Å². The summed E-state index contributed by atoms with van der Waals surface area (Å²) in [6.07, 6.45) is 10.6. The van der Waals surface area contributed by atoms with E-state index in [1.165, 1.54) is 16.8 Å². The number of carbonyl (C=O) groups excluding carboxylic acids is 1. The number of carbonyl (C=O) groups is 1. The summed E-state index contributed by atoms with van der Waals surface area (Å²) in [6, 6.07) is 8.02. The monoisotopic (exact) mass is 819 g/mol. The number of hydrogen-bond donors (Lipinski definition) is 3. The number of piperidine rings is 1. The SMILES string of the molecule is CN(C)C(C)(C)C(=O)c1ccc(N2CCNCC2)cc1.CN(C)C(C)(C)C(O)C1C=CC(=C2CCNCC2)C=C1.[Cl][Zn][Cl].[Cl][Zn][Cl]. The van der Waals surface area contributed by atoms with Crippen LogP contribution in [0.4, 0.5) is 5.69 Å². The number of likely N-dealkylation sites (N-methyl/N-ethyl adjacent to an activating group) is 2. The van der Waals surface area contributed by atoms with Gasteiger partial charge in [0.05, 0.1) is 11.6 Å². The summed E-state index contributed by atoms with van der Waals surface area (Å²) in [5, 5.41) is 17.3. The van der Waals surface area contributed by atoms with E-state index in [2.05, 4.69) is 70.7 Å². The maximum atomic E-state index is 12.5. The Balaban J connectivity index is 0.000000393. The topological polar surface area (TPSA) is 71.1 Å². The normalized spacial score (nSPS) is 18.7. The standard InChI is InChI=1S/C17H28N2O.C16H25N3O.4ClH.2Zn/c1-17(2,19(3)4)16(20)15-7-5-13(6-8-15)14-9-11-18-12-10-14;1-16(2,18(3)4)15(20)13-5-7-14(8-6-13)19-11-9-17-10-12-19;;;;;;/h5-8,15-16,18,20H,9-12H2,1-4H3;5-8,17H,9-12H2,1-4H3;4*1H;;/q;;;;;;2*+2/p-4. The summed E-state index contributed by atoms with van der Waals surface area (Å²) in [6.45, 7) is 14.3. The third-order valence-corrected chi connectivity index (χ3v) is 9.14. The number of halogens is 4. The summed E-state index contributed by atoms with van der Waals surface area (Å²) >= 11 is -1.86. The molecule has 4 rings (SSSR count). The number of aliphatic hydroxyl groups excluding tert-OH is 1. The van der Waals surface area contributed by atoms with E-state index >= 15 is 0 Å². The third kappa shape index (κ3) is 14.2. The van der Waals surface area contributed by atoms with Crippen LogP contribution in [0.2, 0.25) is 0 Å². The van der Waals surface area contributed by atoms with Gasteiger partial charge >= 0.3 is 69.1 Å². The van der Waals surface area contributed by atoms with E-state index in [4.69, 9.17) is 38.8 Å². The van der Waals surface area contributed by atoms with Crippen molar-refractivity contribution in [3.8, 4) is 0 Å². The Hall–Kier alpha value is 0.117. The van der Waals surface area contributed by atoms with Gasteiger partial charge < -0.3 is 25.5 Å². The summed E-state index contributed by atoms with van der Waals surface area (Å²) < 4.78 is 0. The number of hydrogen-bond acceptors (Lipinski definition) is 7. The summed E-state index contributed by atoms with van der Waals surface area (Å²) in [5.41, 5.74) is 4.15. The predicted octanol–water partition coefficient (Wildman–Crippen LogP) is 6.48. The van der Waals surface area contributed by atoms with E-state index in [1.54, 1.807) is 0 Å². The molecule has 3 N–H and O–H groups in total. The van der Waals surface area contributed by atoms with Gasteiger partial charge in [0.1, 0.15) is 0 Å². The molecule has 0 bridgehead atoms. The van der Waals surface area contributed by atoms with Gasteiger partial charge in [-0.05, 0) is 112 Å². The second-order valence-corrected chi connectivity index (χ2v) is 22.1. The average molecular weight is 824 g/mol. The minimum absolute atomic E-state index is 0.0958. The molecule has 0 saturated carbocycles. The molecule has 3 aliphatic rings.